The second-order valence-corrected chi connectivity index (χ2v) is 6.52. The van der Waals surface area contributed by atoms with E-state index in [9.17, 15) is 4.79 Å². The van der Waals surface area contributed by atoms with Gasteiger partial charge in [-0.15, -0.1) is 0 Å². The molecule has 2 heterocycles. The molecule has 20 heavy (non-hydrogen) atoms. The lowest BCUT2D eigenvalue weighted by atomic mass is 9.88. The van der Waals surface area contributed by atoms with Crippen LogP contribution in [0, 0.1) is 11.8 Å². The molecule has 114 valence electrons. The topological polar surface area (TPSA) is 58.8 Å². The van der Waals surface area contributed by atoms with Crippen molar-refractivity contribution in [1.29, 1.82) is 0 Å². The molecular formula is C14H25N3O2S. The third-order valence-corrected chi connectivity index (χ3v) is 4.72. The average Bonchev–Trinajstić information content (AvgIpc) is 2.63. The quantitative estimate of drug-likeness (QED) is 0.768. The molecule has 2 rings (SSSR count). The highest BCUT2D eigenvalue weighted by molar-refractivity contribution is 7.80. The normalized spacial score (nSPS) is 35.2. The van der Waals surface area contributed by atoms with E-state index in [2.05, 4.69) is 18.7 Å². The van der Waals surface area contributed by atoms with Gasteiger partial charge in [0.2, 0.25) is 5.91 Å². The van der Waals surface area contributed by atoms with Crippen molar-refractivity contribution in [3.8, 4) is 0 Å². The van der Waals surface area contributed by atoms with Crippen molar-refractivity contribution in [1.82, 2.24) is 9.80 Å². The number of carbonyl (C=O) groups excluding carboxylic acids is 1. The molecule has 4 unspecified atom stereocenters. The van der Waals surface area contributed by atoms with Gasteiger partial charge < -0.3 is 15.4 Å². The number of nitrogens with two attached hydrogens (primary N) is 1. The van der Waals surface area contributed by atoms with E-state index >= 15 is 0 Å². The standard InChI is InChI=1S/C14H25N3O2S/c1-9-10(2)19-11(3)13(9)14(18)17-6-4-16(5-7-17)8-12(15)20/h9-11,13H,4-8H2,1-3H3,(H2,15,20). The van der Waals surface area contributed by atoms with E-state index in [1.165, 1.54) is 0 Å². The van der Waals surface area contributed by atoms with Gasteiger partial charge >= 0.3 is 0 Å². The number of carbonyl (C=O) groups is 1. The van der Waals surface area contributed by atoms with Crippen LogP contribution in [0.2, 0.25) is 0 Å². The maximum atomic E-state index is 12.7. The summed E-state index contributed by atoms with van der Waals surface area (Å²) in [5, 5.41) is 0. The van der Waals surface area contributed by atoms with Crippen LogP contribution in [0.1, 0.15) is 20.8 Å². The second kappa shape index (κ2) is 6.37. The summed E-state index contributed by atoms with van der Waals surface area (Å²) in [4.78, 5) is 17.4. The van der Waals surface area contributed by atoms with Gasteiger partial charge in [-0.2, -0.15) is 0 Å². The smallest absolute Gasteiger partial charge is 0.228 e. The van der Waals surface area contributed by atoms with Crippen LogP contribution in [0.4, 0.5) is 0 Å². The Morgan fingerprint density at radius 3 is 2.25 bits per heavy atom. The van der Waals surface area contributed by atoms with Gasteiger partial charge in [-0.3, -0.25) is 9.69 Å². The zero-order valence-electron chi connectivity index (χ0n) is 12.5. The number of amides is 1. The summed E-state index contributed by atoms with van der Waals surface area (Å²) in [6, 6.07) is 0. The van der Waals surface area contributed by atoms with Crippen LogP contribution >= 0.6 is 12.2 Å². The molecule has 0 saturated carbocycles. The summed E-state index contributed by atoms with van der Waals surface area (Å²) in [6.45, 7) is 10.0. The highest BCUT2D eigenvalue weighted by atomic mass is 32.1. The first-order valence-electron chi connectivity index (χ1n) is 7.35. The molecule has 2 saturated heterocycles. The predicted octanol–water partition coefficient (Wildman–Crippen LogP) is 0.476. The summed E-state index contributed by atoms with van der Waals surface area (Å²) in [5.41, 5.74) is 5.56. The van der Waals surface area contributed by atoms with Gasteiger partial charge in [-0.05, 0) is 19.8 Å². The Balaban J connectivity index is 1.90. The van der Waals surface area contributed by atoms with E-state index in [0.29, 0.717) is 11.5 Å². The Hall–Kier alpha value is -0.720. The predicted molar refractivity (Wildman–Crippen MR) is 82.5 cm³/mol. The zero-order chi connectivity index (χ0) is 14.9. The lowest BCUT2D eigenvalue weighted by Crippen LogP contribution is -2.53. The Labute approximate surface area is 126 Å². The first-order valence-corrected chi connectivity index (χ1v) is 7.76. The van der Waals surface area contributed by atoms with Crippen molar-refractivity contribution in [2.45, 2.75) is 33.0 Å². The average molecular weight is 299 g/mol. The van der Waals surface area contributed by atoms with Crippen LogP contribution in [0.5, 0.6) is 0 Å². The van der Waals surface area contributed by atoms with E-state index < -0.39 is 0 Å². The van der Waals surface area contributed by atoms with Crippen molar-refractivity contribution >= 4 is 23.1 Å². The SMILES string of the molecule is CC1OC(C)C(C(=O)N2CCN(CC(N)=S)CC2)C1C. The number of hydrogen-bond acceptors (Lipinski definition) is 4. The fourth-order valence-electron chi connectivity index (χ4n) is 3.25. The zero-order valence-corrected chi connectivity index (χ0v) is 13.4. The maximum Gasteiger partial charge on any atom is 0.228 e. The molecule has 6 heteroatoms. The number of hydrogen-bond donors (Lipinski definition) is 1. The summed E-state index contributed by atoms with van der Waals surface area (Å²) in [7, 11) is 0. The molecule has 2 aliphatic heterocycles. The van der Waals surface area contributed by atoms with E-state index in [-0.39, 0.29) is 30.0 Å². The number of nitrogens with zero attached hydrogens (tertiary/aromatic N) is 2. The van der Waals surface area contributed by atoms with Gasteiger partial charge in [-0.1, -0.05) is 19.1 Å². The molecule has 2 fully saturated rings. The van der Waals surface area contributed by atoms with Crippen LogP contribution in [-0.2, 0) is 9.53 Å². The first-order chi connectivity index (χ1) is 9.40. The van der Waals surface area contributed by atoms with E-state index in [1.807, 2.05) is 11.8 Å². The fourth-order valence-corrected chi connectivity index (χ4v) is 3.43. The number of rotatable bonds is 3. The fraction of sp³-hybridized carbons (Fsp3) is 0.857. The summed E-state index contributed by atoms with van der Waals surface area (Å²) in [5.74, 6) is 0.517. The van der Waals surface area contributed by atoms with Crippen molar-refractivity contribution < 1.29 is 9.53 Å². The second-order valence-electron chi connectivity index (χ2n) is 6.00. The van der Waals surface area contributed by atoms with Crippen LogP contribution in [0.25, 0.3) is 0 Å². The van der Waals surface area contributed by atoms with Gasteiger partial charge in [0.05, 0.1) is 23.1 Å². The first kappa shape index (κ1) is 15.7. The van der Waals surface area contributed by atoms with Crippen molar-refractivity contribution in [3.05, 3.63) is 0 Å². The number of piperazine rings is 1. The van der Waals surface area contributed by atoms with Gasteiger partial charge in [0.15, 0.2) is 0 Å². The third-order valence-electron chi connectivity index (χ3n) is 4.59. The Morgan fingerprint density at radius 1 is 1.20 bits per heavy atom. The molecule has 0 aliphatic carbocycles. The lowest BCUT2D eigenvalue weighted by molar-refractivity contribution is -0.139. The van der Waals surface area contributed by atoms with Gasteiger partial charge in [-0.25, -0.2) is 0 Å². The Morgan fingerprint density at radius 2 is 1.80 bits per heavy atom. The molecule has 0 radical (unpaired) electrons. The molecule has 4 atom stereocenters. The van der Waals surface area contributed by atoms with Crippen LogP contribution in [0.3, 0.4) is 0 Å². The van der Waals surface area contributed by atoms with Gasteiger partial charge in [0, 0.05) is 32.7 Å². The minimum atomic E-state index is -0.00728. The molecule has 5 nitrogen and oxygen atoms in total. The molecule has 1 amide bonds. The minimum Gasteiger partial charge on any atom is -0.392 e. The van der Waals surface area contributed by atoms with Crippen molar-refractivity contribution in [2.75, 3.05) is 32.7 Å². The molecule has 2 aliphatic rings. The van der Waals surface area contributed by atoms with Gasteiger partial charge in [0.1, 0.15) is 0 Å². The summed E-state index contributed by atoms with van der Waals surface area (Å²) >= 11 is 4.93. The monoisotopic (exact) mass is 299 g/mol. The summed E-state index contributed by atoms with van der Waals surface area (Å²) < 4.78 is 5.78. The van der Waals surface area contributed by atoms with Crippen LogP contribution < -0.4 is 5.73 Å². The van der Waals surface area contributed by atoms with E-state index in [0.717, 1.165) is 26.2 Å². The third kappa shape index (κ3) is 3.30. The van der Waals surface area contributed by atoms with E-state index in [4.69, 9.17) is 22.7 Å². The van der Waals surface area contributed by atoms with E-state index in [1.54, 1.807) is 0 Å². The van der Waals surface area contributed by atoms with Gasteiger partial charge in [0.25, 0.3) is 0 Å². The number of thiocarbonyl (C=S) groups is 1. The molecule has 2 N–H and O–H groups in total. The Kier molecular flexibility index (Phi) is 4.99. The molecule has 0 aromatic carbocycles. The highest BCUT2D eigenvalue weighted by Crippen LogP contribution is 2.33. The minimum absolute atomic E-state index is 0.00728. The largest absolute Gasteiger partial charge is 0.392 e. The molecular weight excluding hydrogens is 274 g/mol. The molecule has 0 spiro atoms. The Bertz CT molecular complexity index is 383. The van der Waals surface area contributed by atoms with Crippen LogP contribution in [0.15, 0.2) is 0 Å². The number of ether oxygens (including phenoxy) is 1. The lowest BCUT2D eigenvalue weighted by Gasteiger charge is -2.36. The van der Waals surface area contributed by atoms with Crippen molar-refractivity contribution in [3.63, 3.8) is 0 Å². The molecule has 0 aromatic rings. The maximum absolute atomic E-state index is 12.7. The van der Waals surface area contributed by atoms with Crippen molar-refractivity contribution in [2.24, 2.45) is 17.6 Å². The molecule has 0 bridgehead atoms. The highest BCUT2D eigenvalue weighted by Gasteiger charge is 2.43. The molecule has 0 aromatic heterocycles. The summed E-state index contributed by atoms with van der Waals surface area (Å²) in [6.07, 6.45) is 0.178. The van der Waals surface area contributed by atoms with Crippen LogP contribution in [-0.4, -0.2) is 65.6 Å².